The maximum absolute atomic E-state index is 12.7. The van der Waals surface area contributed by atoms with E-state index in [2.05, 4.69) is 10.3 Å². The van der Waals surface area contributed by atoms with Crippen molar-refractivity contribution in [2.45, 2.75) is 6.10 Å². The van der Waals surface area contributed by atoms with Gasteiger partial charge in [-0.05, 0) is 12.1 Å². The topological polar surface area (TPSA) is 54.5 Å². The first-order chi connectivity index (χ1) is 8.20. The molecule has 0 bridgehead atoms. The third-order valence-electron chi connectivity index (χ3n) is 2.64. The van der Waals surface area contributed by atoms with Gasteiger partial charge in [0, 0.05) is 13.6 Å². The molecule has 2 rings (SSSR count). The molecule has 1 fully saturated rings. The Balaban J connectivity index is 2.06. The Kier molecular flexibility index (Phi) is 3.53. The summed E-state index contributed by atoms with van der Waals surface area (Å²) in [6, 6.07) is 2.95. The number of morpholine rings is 1. The number of hydrogen-bond acceptors (Lipinski definition) is 4. The van der Waals surface area contributed by atoms with Crippen molar-refractivity contribution >= 4 is 11.7 Å². The summed E-state index contributed by atoms with van der Waals surface area (Å²) < 4.78 is 18.1. The van der Waals surface area contributed by atoms with Crippen LogP contribution in [0.4, 0.5) is 10.2 Å². The third kappa shape index (κ3) is 2.71. The zero-order valence-corrected chi connectivity index (χ0v) is 9.52. The fraction of sp³-hybridized carbons (Fsp3) is 0.455. The molecule has 1 aromatic rings. The van der Waals surface area contributed by atoms with Gasteiger partial charge in [0.15, 0.2) is 6.10 Å². The minimum atomic E-state index is -0.499. The summed E-state index contributed by atoms with van der Waals surface area (Å²) >= 11 is 0. The predicted molar refractivity (Wildman–Crippen MR) is 60.2 cm³/mol. The van der Waals surface area contributed by atoms with Gasteiger partial charge in [-0.15, -0.1) is 0 Å². The van der Waals surface area contributed by atoms with Crippen molar-refractivity contribution in [1.82, 2.24) is 10.3 Å². The van der Waals surface area contributed by atoms with Crippen LogP contribution in [-0.4, -0.2) is 43.7 Å². The molecule has 17 heavy (non-hydrogen) atoms. The molecule has 0 spiro atoms. The largest absolute Gasteiger partial charge is 0.365 e. The molecule has 1 aliphatic rings. The van der Waals surface area contributed by atoms with Gasteiger partial charge in [-0.3, -0.25) is 4.79 Å². The molecule has 1 saturated heterocycles. The Morgan fingerprint density at radius 2 is 2.47 bits per heavy atom. The van der Waals surface area contributed by atoms with Crippen LogP contribution in [0.3, 0.4) is 0 Å². The molecule has 1 aromatic heterocycles. The Bertz CT molecular complexity index is 396. The number of pyridine rings is 1. The van der Waals surface area contributed by atoms with Gasteiger partial charge >= 0.3 is 0 Å². The lowest BCUT2D eigenvalue weighted by molar-refractivity contribution is -0.132. The minimum absolute atomic E-state index is 0.156. The number of halogens is 1. The number of rotatable bonds is 2. The van der Waals surface area contributed by atoms with Crippen LogP contribution < -0.4 is 10.2 Å². The molecule has 5 nitrogen and oxygen atoms in total. The Morgan fingerprint density at radius 1 is 1.65 bits per heavy atom. The number of carbonyl (C=O) groups excluding carboxylic acids is 1. The van der Waals surface area contributed by atoms with Crippen molar-refractivity contribution in [3.8, 4) is 0 Å². The van der Waals surface area contributed by atoms with Gasteiger partial charge in [0.25, 0.3) is 5.91 Å². The van der Waals surface area contributed by atoms with Gasteiger partial charge in [-0.1, -0.05) is 0 Å². The molecule has 92 valence electrons. The number of anilines is 1. The van der Waals surface area contributed by atoms with E-state index in [1.165, 1.54) is 12.3 Å². The van der Waals surface area contributed by atoms with Crippen LogP contribution in [0.1, 0.15) is 0 Å². The lowest BCUT2D eigenvalue weighted by atomic mass is 10.2. The zero-order chi connectivity index (χ0) is 12.3. The summed E-state index contributed by atoms with van der Waals surface area (Å²) in [4.78, 5) is 17.3. The molecule has 1 aliphatic heterocycles. The van der Waals surface area contributed by atoms with Gasteiger partial charge in [0.05, 0.1) is 19.3 Å². The molecule has 1 N–H and O–H groups in total. The number of nitrogens with zero attached hydrogens (tertiary/aromatic N) is 2. The van der Waals surface area contributed by atoms with Crippen molar-refractivity contribution in [3.63, 3.8) is 0 Å². The van der Waals surface area contributed by atoms with Crippen molar-refractivity contribution in [2.75, 3.05) is 31.6 Å². The Hall–Kier alpha value is -1.69. The molecule has 0 aromatic carbocycles. The number of amides is 1. The second-order valence-electron chi connectivity index (χ2n) is 3.75. The molecule has 0 saturated carbocycles. The third-order valence-corrected chi connectivity index (χ3v) is 2.64. The molecular formula is C11H14FN3O2. The van der Waals surface area contributed by atoms with Crippen molar-refractivity contribution < 1.29 is 13.9 Å². The summed E-state index contributed by atoms with van der Waals surface area (Å²) in [5, 5.41) is 2.54. The lowest BCUT2D eigenvalue weighted by Crippen LogP contribution is -2.49. The highest BCUT2D eigenvalue weighted by atomic mass is 19.1. The maximum Gasteiger partial charge on any atom is 0.250 e. The Labute approximate surface area is 98.6 Å². The van der Waals surface area contributed by atoms with Crippen LogP contribution in [0.2, 0.25) is 0 Å². The average molecular weight is 239 g/mol. The van der Waals surface area contributed by atoms with Crippen molar-refractivity contribution in [3.05, 3.63) is 24.1 Å². The molecular weight excluding hydrogens is 225 g/mol. The summed E-state index contributed by atoms with van der Waals surface area (Å²) in [7, 11) is 1.57. The lowest BCUT2D eigenvalue weighted by Gasteiger charge is -2.32. The fourth-order valence-corrected chi connectivity index (χ4v) is 1.73. The standard InChI is InChI=1S/C11H14FN3O2/c1-13-11(16)9-7-15(4-5-17-9)10-3-2-8(12)6-14-10/h2-3,6,9H,4-5,7H2,1H3,(H,13,16). The molecule has 1 atom stereocenters. The normalized spacial score (nSPS) is 20.1. The van der Waals surface area contributed by atoms with Gasteiger partial charge in [-0.2, -0.15) is 0 Å². The number of ether oxygens (including phenoxy) is 1. The quantitative estimate of drug-likeness (QED) is 0.799. The van der Waals surface area contributed by atoms with E-state index in [1.54, 1.807) is 13.1 Å². The van der Waals surface area contributed by atoms with E-state index in [0.717, 1.165) is 0 Å². The Morgan fingerprint density at radius 3 is 3.12 bits per heavy atom. The maximum atomic E-state index is 12.7. The molecule has 1 amide bonds. The van der Waals surface area contributed by atoms with Crippen LogP contribution in [0.25, 0.3) is 0 Å². The monoisotopic (exact) mass is 239 g/mol. The van der Waals surface area contributed by atoms with Crippen LogP contribution in [0.15, 0.2) is 18.3 Å². The van der Waals surface area contributed by atoms with E-state index in [1.807, 2.05) is 4.90 Å². The number of nitrogens with one attached hydrogen (secondary N) is 1. The predicted octanol–water partition coefficient (Wildman–Crippen LogP) is 0.172. The number of hydrogen-bond donors (Lipinski definition) is 1. The molecule has 0 radical (unpaired) electrons. The smallest absolute Gasteiger partial charge is 0.250 e. The second-order valence-corrected chi connectivity index (χ2v) is 3.75. The first-order valence-electron chi connectivity index (χ1n) is 5.40. The summed E-state index contributed by atoms with van der Waals surface area (Å²) in [5.74, 6) is 0.130. The van der Waals surface area contributed by atoms with Gasteiger partial charge in [-0.25, -0.2) is 9.37 Å². The number of carbonyl (C=O) groups is 1. The molecule has 6 heteroatoms. The van der Waals surface area contributed by atoms with Gasteiger partial charge < -0.3 is 15.0 Å². The number of aromatic nitrogens is 1. The number of likely N-dealkylation sites (N-methyl/N-ethyl adjacent to an activating group) is 1. The average Bonchev–Trinajstić information content (AvgIpc) is 2.39. The first-order valence-corrected chi connectivity index (χ1v) is 5.40. The van der Waals surface area contributed by atoms with E-state index in [4.69, 9.17) is 4.74 Å². The highest BCUT2D eigenvalue weighted by molar-refractivity contribution is 5.81. The van der Waals surface area contributed by atoms with E-state index in [9.17, 15) is 9.18 Å². The van der Waals surface area contributed by atoms with E-state index in [-0.39, 0.29) is 11.7 Å². The summed E-state index contributed by atoms with van der Waals surface area (Å²) in [6.45, 7) is 1.53. The zero-order valence-electron chi connectivity index (χ0n) is 9.52. The van der Waals surface area contributed by atoms with E-state index >= 15 is 0 Å². The fourth-order valence-electron chi connectivity index (χ4n) is 1.73. The van der Waals surface area contributed by atoms with Gasteiger partial charge in [0.1, 0.15) is 11.6 Å². The van der Waals surface area contributed by atoms with Crippen molar-refractivity contribution in [1.29, 1.82) is 0 Å². The summed E-state index contributed by atoms with van der Waals surface area (Å²) in [6.07, 6.45) is 0.667. The van der Waals surface area contributed by atoms with Crippen LogP contribution in [0, 0.1) is 5.82 Å². The highest BCUT2D eigenvalue weighted by Crippen LogP contribution is 2.15. The van der Waals surface area contributed by atoms with E-state index < -0.39 is 6.10 Å². The SMILES string of the molecule is CNC(=O)C1CN(c2ccc(F)cn2)CCO1. The highest BCUT2D eigenvalue weighted by Gasteiger charge is 2.26. The van der Waals surface area contributed by atoms with Crippen LogP contribution in [0.5, 0.6) is 0 Å². The molecule has 1 unspecified atom stereocenters. The molecule has 0 aliphatic carbocycles. The van der Waals surface area contributed by atoms with Crippen LogP contribution in [-0.2, 0) is 9.53 Å². The van der Waals surface area contributed by atoms with Crippen LogP contribution >= 0.6 is 0 Å². The molecule has 2 heterocycles. The minimum Gasteiger partial charge on any atom is -0.365 e. The van der Waals surface area contributed by atoms with Crippen molar-refractivity contribution in [2.24, 2.45) is 0 Å². The van der Waals surface area contributed by atoms with E-state index in [0.29, 0.717) is 25.5 Å². The van der Waals surface area contributed by atoms with Gasteiger partial charge in [0.2, 0.25) is 0 Å². The summed E-state index contributed by atoms with van der Waals surface area (Å²) in [5.41, 5.74) is 0. The first kappa shape index (κ1) is 11.8. The second kappa shape index (κ2) is 5.09.